The number of anilines is 1. The molecule has 0 aliphatic heterocycles. The molecule has 2 atom stereocenters. The molecule has 0 aliphatic rings. The molecule has 5 nitrogen and oxygen atoms in total. The predicted molar refractivity (Wildman–Crippen MR) is 70.4 cm³/mol. The zero-order valence-corrected chi connectivity index (χ0v) is 11.0. The second-order valence-electron chi connectivity index (χ2n) is 3.98. The molecular weight excluding hydrogens is 255 g/mol. The van der Waals surface area contributed by atoms with Crippen LogP contribution >= 0.6 is 11.8 Å². The average Bonchev–Trinajstić information content (AvgIpc) is 2.71. The van der Waals surface area contributed by atoms with Crippen LogP contribution < -0.4 is 5.32 Å². The standard InChI is InChI=1S/C11H15FN4OS/c1-7(9(6-17)18-2)13-11-14-10-4-3-8(12)5-16(10)15-11/h3-5,7,9,17H,6H2,1-2H3,(H,13,15). The molecule has 0 saturated heterocycles. The van der Waals surface area contributed by atoms with Gasteiger partial charge in [-0.05, 0) is 25.3 Å². The molecule has 0 radical (unpaired) electrons. The minimum atomic E-state index is -0.357. The molecule has 2 aromatic rings. The van der Waals surface area contributed by atoms with Crippen molar-refractivity contribution in [3.63, 3.8) is 0 Å². The molecule has 0 fully saturated rings. The molecular formula is C11H15FN4OS. The third-order valence-electron chi connectivity index (χ3n) is 2.69. The number of aliphatic hydroxyl groups is 1. The molecule has 98 valence electrons. The second kappa shape index (κ2) is 5.53. The van der Waals surface area contributed by atoms with E-state index in [0.717, 1.165) is 0 Å². The van der Waals surface area contributed by atoms with Gasteiger partial charge in [0.25, 0.3) is 0 Å². The lowest BCUT2D eigenvalue weighted by Gasteiger charge is -2.20. The number of thioether (sulfide) groups is 1. The van der Waals surface area contributed by atoms with E-state index in [9.17, 15) is 9.50 Å². The highest BCUT2D eigenvalue weighted by Gasteiger charge is 2.16. The predicted octanol–water partition coefficient (Wildman–Crippen LogP) is 1.39. The number of hydrogen-bond acceptors (Lipinski definition) is 5. The van der Waals surface area contributed by atoms with E-state index < -0.39 is 0 Å². The Kier molecular flexibility index (Phi) is 4.03. The van der Waals surface area contributed by atoms with Crippen molar-refractivity contribution in [3.05, 3.63) is 24.1 Å². The van der Waals surface area contributed by atoms with Crippen LogP contribution in [0, 0.1) is 5.82 Å². The van der Waals surface area contributed by atoms with E-state index in [4.69, 9.17) is 0 Å². The summed E-state index contributed by atoms with van der Waals surface area (Å²) in [4.78, 5) is 4.23. The Hall–Kier alpha value is -1.34. The molecule has 0 saturated carbocycles. The Morgan fingerprint density at radius 2 is 2.33 bits per heavy atom. The maximum Gasteiger partial charge on any atom is 0.243 e. The van der Waals surface area contributed by atoms with Crippen LogP contribution in [0.15, 0.2) is 18.3 Å². The van der Waals surface area contributed by atoms with Crippen LogP contribution in [-0.2, 0) is 0 Å². The van der Waals surface area contributed by atoms with Gasteiger partial charge in [0.2, 0.25) is 5.95 Å². The van der Waals surface area contributed by atoms with E-state index in [1.54, 1.807) is 17.8 Å². The van der Waals surface area contributed by atoms with Crippen LogP contribution in [0.5, 0.6) is 0 Å². The lowest BCUT2D eigenvalue weighted by molar-refractivity contribution is 0.288. The SMILES string of the molecule is CSC(CO)C(C)Nc1nc2ccc(F)cn2n1. The van der Waals surface area contributed by atoms with E-state index in [1.165, 1.54) is 16.8 Å². The molecule has 0 aliphatic carbocycles. The molecule has 0 bridgehead atoms. The number of hydrogen-bond donors (Lipinski definition) is 2. The smallest absolute Gasteiger partial charge is 0.243 e. The number of aliphatic hydroxyl groups excluding tert-OH is 1. The van der Waals surface area contributed by atoms with Gasteiger partial charge in [-0.2, -0.15) is 16.7 Å². The molecule has 2 unspecified atom stereocenters. The van der Waals surface area contributed by atoms with Crippen molar-refractivity contribution in [2.45, 2.75) is 18.2 Å². The van der Waals surface area contributed by atoms with E-state index in [-0.39, 0.29) is 23.7 Å². The lowest BCUT2D eigenvalue weighted by Crippen LogP contribution is -2.31. The first-order chi connectivity index (χ1) is 8.63. The van der Waals surface area contributed by atoms with Gasteiger partial charge < -0.3 is 10.4 Å². The van der Waals surface area contributed by atoms with E-state index in [2.05, 4.69) is 15.4 Å². The summed E-state index contributed by atoms with van der Waals surface area (Å²) < 4.78 is 14.4. The molecule has 0 aromatic carbocycles. The Balaban J connectivity index is 2.16. The van der Waals surface area contributed by atoms with Gasteiger partial charge in [-0.1, -0.05) is 0 Å². The van der Waals surface area contributed by atoms with Gasteiger partial charge in [-0.15, -0.1) is 5.10 Å². The molecule has 0 amide bonds. The zero-order valence-electron chi connectivity index (χ0n) is 10.2. The largest absolute Gasteiger partial charge is 0.395 e. The fourth-order valence-corrected chi connectivity index (χ4v) is 2.28. The fraction of sp³-hybridized carbons (Fsp3) is 0.455. The number of rotatable bonds is 5. The van der Waals surface area contributed by atoms with Crippen molar-refractivity contribution in [2.75, 3.05) is 18.2 Å². The van der Waals surface area contributed by atoms with Gasteiger partial charge in [0, 0.05) is 11.3 Å². The Labute approximate surface area is 108 Å². The third kappa shape index (κ3) is 2.73. The summed E-state index contributed by atoms with van der Waals surface area (Å²) in [6.45, 7) is 2.03. The fourth-order valence-electron chi connectivity index (χ4n) is 1.65. The van der Waals surface area contributed by atoms with Gasteiger partial charge in [-0.3, -0.25) is 0 Å². The van der Waals surface area contributed by atoms with Crippen LogP contribution in [0.2, 0.25) is 0 Å². The molecule has 2 rings (SSSR count). The Bertz CT molecular complexity index is 529. The normalized spacial score (nSPS) is 14.7. The number of nitrogens with zero attached hydrogens (tertiary/aromatic N) is 3. The minimum absolute atomic E-state index is 0.0206. The highest BCUT2D eigenvalue weighted by atomic mass is 32.2. The Morgan fingerprint density at radius 3 is 3.00 bits per heavy atom. The summed E-state index contributed by atoms with van der Waals surface area (Å²) >= 11 is 1.57. The van der Waals surface area contributed by atoms with Gasteiger partial charge in [-0.25, -0.2) is 8.91 Å². The van der Waals surface area contributed by atoms with Crippen molar-refractivity contribution in [1.29, 1.82) is 0 Å². The first-order valence-electron chi connectivity index (χ1n) is 5.56. The van der Waals surface area contributed by atoms with Crippen LogP contribution in [0.25, 0.3) is 5.65 Å². The summed E-state index contributed by atoms with van der Waals surface area (Å²) in [5.74, 6) is 0.0740. The Morgan fingerprint density at radius 1 is 1.56 bits per heavy atom. The first-order valence-corrected chi connectivity index (χ1v) is 6.85. The minimum Gasteiger partial charge on any atom is -0.395 e. The van der Waals surface area contributed by atoms with Crippen LogP contribution in [0.1, 0.15) is 6.92 Å². The van der Waals surface area contributed by atoms with Gasteiger partial charge in [0.1, 0.15) is 5.82 Å². The molecule has 0 spiro atoms. The highest BCUT2D eigenvalue weighted by Crippen LogP contribution is 2.14. The van der Waals surface area contributed by atoms with E-state index in [0.29, 0.717) is 11.6 Å². The molecule has 2 aromatic heterocycles. The van der Waals surface area contributed by atoms with Gasteiger partial charge >= 0.3 is 0 Å². The third-order valence-corrected chi connectivity index (χ3v) is 3.85. The van der Waals surface area contributed by atoms with Crippen molar-refractivity contribution in [1.82, 2.24) is 14.6 Å². The molecule has 2 N–H and O–H groups in total. The quantitative estimate of drug-likeness (QED) is 0.859. The van der Waals surface area contributed by atoms with Gasteiger partial charge in [0.05, 0.1) is 12.8 Å². The molecule has 7 heteroatoms. The summed E-state index contributed by atoms with van der Waals surface area (Å²) in [5.41, 5.74) is 0.579. The summed E-state index contributed by atoms with van der Waals surface area (Å²) in [7, 11) is 0. The highest BCUT2D eigenvalue weighted by molar-refractivity contribution is 7.99. The van der Waals surface area contributed by atoms with Crippen molar-refractivity contribution < 1.29 is 9.50 Å². The number of aromatic nitrogens is 3. The van der Waals surface area contributed by atoms with Crippen LogP contribution in [0.4, 0.5) is 10.3 Å². The van der Waals surface area contributed by atoms with Crippen LogP contribution in [0.3, 0.4) is 0 Å². The van der Waals surface area contributed by atoms with Crippen molar-refractivity contribution >= 4 is 23.4 Å². The zero-order chi connectivity index (χ0) is 13.1. The maximum absolute atomic E-state index is 13.0. The van der Waals surface area contributed by atoms with Crippen LogP contribution in [-0.4, -0.2) is 43.9 Å². The van der Waals surface area contributed by atoms with E-state index in [1.807, 2.05) is 13.2 Å². The number of nitrogens with one attached hydrogen (secondary N) is 1. The summed E-state index contributed by atoms with van der Waals surface area (Å²) in [6.07, 6.45) is 3.21. The average molecular weight is 270 g/mol. The number of pyridine rings is 1. The summed E-state index contributed by atoms with van der Waals surface area (Å²) in [6, 6.07) is 2.93. The van der Waals surface area contributed by atoms with E-state index >= 15 is 0 Å². The van der Waals surface area contributed by atoms with Crippen molar-refractivity contribution in [2.24, 2.45) is 0 Å². The summed E-state index contributed by atoms with van der Waals surface area (Å²) in [5, 5.41) is 16.5. The monoisotopic (exact) mass is 270 g/mol. The van der Waals surface area contributed by atoms with Crippen molar-refractivity contribution in [3.8, 4) is 0 Å². The van der Waals surface area contributed by atoms with Gasteiger partial charge in [0.15, 0.2) is 5.65 Å². The number of fused-ring (bicyclic) bond motifs is 1. The molecule has 18 heavy (non-hydrogen) atoms. The maximum atomic E-state index is 13.0. The topological polar surface area (TPSA) is 62.5 Å². The number of halogens is 1. The second-order valence-corrected chi connectivity index (χ2v) is 5.05. The lowest BCUT2D eigenvalue weighted by atomic mass is 10.2. The first kappa shape index (κ1) is 13.1. The molecule has 2 heterocycles.